The molecule has 0 aliphatic heterocycles. The van der Waals surface area contributed by atoms with Crippen LogP contribution in [-0.4, -0.2) is 10.8 Å². The molecule has 0 spiro atoms. The number of Topliss-reactive ketones (excluding diaryl/α,β-unsaturated/α-hetero) is 1. The van der Waals surface area contributed by atoms with Crippen LogP contribution in [0.2, 0.25) is 0 Å². The molecular weight excluding hydrogens is 200 g/mol. The van der Waals surface area contributed by atoms with Gasteiger partial charge in [0.1, 0.15) is 0 Å². The number of hydrogen-bond acceptors (Lipinski definition) is 2. The van der Waals surface area contributed by atoms with Crippen molar-refractivity contribution in [1.29, 1.82) is 5.26 Å². The van der Waals surface area contributed by atoms with Gasteiger partial charge >= 0.3 is 0 Å². The molecule has 0 radical (unpaired) electrons. The lowest BCUT2D eigenvalue weighted by atomic mass is 10.0. The molecule has 0 atom stereocenters. The van der Waals surface area contributed by atoms with Crippen LogP contribution in [0.15, 0.2) is 18.2 Å². The van der Waals surface area contributed by atoms with Crippen LogP contribution in [0.1, 0.15) is 28.0 Å². The van der Waals surface area contributed by atoms with Gasteiger partial charge in [-0.1, -0.05) is 18.2 Å². The summed E-state index contributed by atoms with van der Waals surface area (Å²) >= 11 is 0. The molecule has 0 amide bonds. The summed E-state index contributed by atoms with van der Waals surface area (Å²) in [5.74, 6) is -0.114. The summed E-state index contributed by atoms with van der Waals surface area (Å²) in [6.07, 6.45) is -0.0677. The van der Waals surface area contributed by atoms with Crippen molar-refractivity contribution in [1.82, 2.24) is 4.98 Å². The molecule has 0 unspecified atom stereocenters. The predicted octanol–water partition coefficient (Wildman–Crippen LogP) is 2.88. The quantitative estimate of drug-likeness (QED) is 0.778. The average Bonchev–Trinajstić information content (AvgIpc) is 2.56. The number of nitriles is 1. The molecule has 16 heavy (non-hydrogen) atoms. The standard InChI is InChI=1S/C13H12N2O/c1-8-4-3-5-10-12(11(16)6-7-14)9(2)15-13(8)10/h3-5,15H,6H2,1-2H3. The SMILES string of the molecule is Cc1[nH]c2c(C)cccc2c1C(=O)CC#N. The zero-order valence-corrected chi connectivity index (χ0v) is 9.29. The van der Waals surface area contributed by atoms with Crippen LogP contribution in [0.4, 0.5) is 0 Å². The third-order valence-corrected chi connectivity index (χ3v) is 2.75. The number of nitrogens with one attached hydrogen (secondary N) is 1. The highest BCUT2D eigenvalue weighted by molar-refractivity contribution is 6.10. The van der Waals surface area contributed by atoms with Crippen LogP contribution < -0.4 is 0 Å². The Balaban J connectivity index is 2.71. The topological polar surface area (TPSA) is 56.6 Å². The van der Waals surface area contributed by atoms with E-state index in [2.05, 4.69) is 4.98 Å². The molecule has 2 rings (SSSR count). The van der Waals surface area contributed by atoms with Crippen molar-refractivity contribution < 1.29 is 4.79 Å². The Bertz CT molecular complexity index is 602. The van der Waals surface area contributed by atoms with Gasteiger partial charge in [0.15, 0.2) is 5.78 Å². The Labute approximate surface area is 93.7 Å². The van der Waals surface area contributed by atoms with E-state index in [9.17, 15) is 4.79 Å². The Hall–Kier alpha value is -2.08. The maximum absolute atomic E-state index is 11.8. The molecule has 1 heterocycles. The van der Waals surface area contributed by atoms with Gasteiger partial charge in [-0.15, -0.1) is 0 Å². The summed E-state index contributed by atoms with van der Waals surface area (Å²) in [5.41, 5.74) is 3.59. The van der Waals surface area contributed by atoms with E-state index in [1.54, 1.807) is 0 Å². The maximum Gasteiger partial charge on any atom is 0.179 e. The maximum atomic E-state index is 11.8. The number of hydrogen-bond donors (Lipinski definition) is 1. The largest absolute Gasteiger partial charge is 0.358 e. The highest BCUT2D eigenvalue weighted by Crippen LogP contribution is 2.25. The number of nitrogens with zero attached hydrogens (tertiary/aromatic N) is 1. The molecule has 1 aromatic carbocycles. The van der Waals surface area contributed by atoms with E-state index in [-0.39, 0.29) is 12.2 Å². The first kappa shape index (κ1) is 10.4. The summed E-state index contributed by atoms with van der Waals surface area (Å²) < 4.78 is 0. The highest BCUT2D eigenvalue weighted by Gasteiger charge is 2.15. The molecule has 0 bridgehead atoms. The van der Waals surface area contributed by atoms with Crippen LogP contribution in [-0.2, 0) is 0 Å². The van der Waals surface area contributed by atoms with E-state index in [1.807, 2.05) is 38.1 Å². The number of H-pyrrole nitrogens is 1. The predicted molar refractivity (Wildman–Crippen MR) is 62.3 cm³/mol. The second-order valence-electron chi connectivity index (χ2n) is 3.88. The van der Waals surface area contributed by atoms with Crippen molar-refractivity contribution >= 4 is 16.7 Å². The minimum absolute atomic E-state index is 0.0677. The minimum Gasteiger partial charge on any atom is -0.358 e. The highest BCUT2D eigenvalue weighted by atomic mass is 16.1. The molecule has 1 N–H and O–H groups in total. The molecule has 0 fully saturated rings. The van der Waals surface area contributed by atoms with E-state index < -0.39 is 0 Å². The zero-order chi connectivity index (χ0) is 11.7. The fourth-order valence-corrected chi connectivity index (χ4v) is 2.01. The lowest BCUT2D eigenvalue weighted by Crippen LogP contribution is -1.98. The smallest absolute Gasteiger partial charge is 0.179 e. The first-order chi connectivity index (χ1) is 7.65. The number of rotatable bonds is 2. The summed E-state index contributed by atoms with van der Waals surface area (Å²) in [4.78, 5) is 15.0. The summed E-state index contributed by atoms with van der Waals surface area (Å²) in [7, 11) is 0. The number of carbonyl (C=O) groups is 1. The van der Waals surface area contributed by atoms with Crippen molar-refractivity contribution in [2.24, 2.45) is 0 Å². The number of para-hydroxylation sites is 1. The van der Waals surface area contributed by atoms with Gasteiger partial charge in [0, 0.05) is 22.2 Å². The van der Waals surface area contributed by atoms with E-state index in [1.165, 1.54) is 0 Å². The molecule has 0 saturated carbocycles. The Morgan fingerprint density at radius 2 is 2.19 bits per heavy atom. The molecule has 0 aliphatic carbocycles. The summed E-state index contributed by atoms with van der Waals surface area (Å²) in [5, 5.41) is 9.49. The molecule has 3 heteroatoms. The van der Waals surface area contributed by atoms with E-state index in [0.717, 1.165) is 22.2 Å². The number of aromatic amines is 1. The van der Waals surface area contributed by atoms with Crippen molar-refractivity contribution in [2.45, 2.75) is 20.3 Å². The summed E-state index contributed by atoms with van der Waals surface area (Å²) in [6, 6.07) is 7.73. The number of fused-ring (bicyclic) bond motifs is 1. The number of carbonyl (C=O) groups excluding carboxylic acids is 1. The van der Waals surface area contributed by atoms with Gasteiger partial charge in [-0.05, 0) is 19.4 Å². The van der Waals surface area contributed by atoms with Gasteiger partial charge in [-0.25, -0.2) is 0 Å². The second kappa shape index (κ2) is 3.82. The third kappa shape index (κ3) is 1.49. The minimum atomic E-state index is -0.114. The zero-order valence-electron chi connectivity index (χ0n) is 9.29. The van der Waals surface area contributed by atoms with Crippen LogP contribution in [0.5, 0.6) is 0 Å². The number of ketones is 1. The Kier molecular flexibility index (Phi) is 2.49. The number of aryl methyl sites for hydroxylation is 2. The first-order valence-electron chi connectivity index (χ1n) is 5.13. The molecule has 1 aromatic heterocycles. The van der Waals surface area contributed by atoms with Crippen molar-refractivity contribution in [3.8, 4) is 6.07 Å². The van der Waals surface area contributed by atoms with Crippen LogP contribution in [0.25, 0.3) is 10.9 Å². The van der Waals surface area contributed by atoms with Gasteiger partial charge in [-0.2, -0.15) is 5.26 Å². The molecule has 80 valence electrons. The van der Waals surface area contributed by atoms with Crippen molar-refractivity contribution in [3.05, 3.63) is 35.0 Å². The molecule has 0 saturated heterocycles. The van der Waals surface area contributed by atoms with Crippen LogP contribution in [0, 0.1) is 25.2 Å². The number of aromatic nitrogens is 1. The van der Waals surface area contributed by atoms with Crippen LogP contribution >= 0.6 is 0 Å². The van der Waals surface area contributed by atoms with E-state index in [0.29, 0.717) is 5.56 Å². The van der Waals surface area contributed by atoms with Gasteiger partial charge in [0.05, 0.1) is 12.5 Å². The van der Waals surface area contributed by atoms with E-state index >= 15 is 0 Å². The van der Waals surface area contributed by atoms with Crippen molar-refractivity contribution in [3.63, 3.8) is 0 Å². The summed E-state index contributed by atoms with van der Waals surface area (Å²) in [6.45, 7) is 3.86. The Morgan fingerprint density at radius 3 is 2.88 bits per heavy atom. The second-order valence-corrected chi connectivity index (χ2v) is 3.88. The van der Waals surface area contributed by atoms with Gasteiger partial charge < -0.3 is 4.98 Å². The average molecular weight is 212 g/mol. The van der Waals surface area contributed by atoms with E-state index in [4.69, 9.17) is 5.26 Å². The lowest BCUT2D eigenvalue weighted by molar-refractivity contribution is 0.0999. The fourth-order valence-electron chi connectivity index (χ4n) is 2.01. The molecule has 3 nitrogen and oxygen atoms in total. The normalized spacial score (nSPS) is 10.3. The van der Waals surface area contributed by atoms with Gasteiger partial charge in [-0.3, -0.25) is 4.79 Å². The molecule has 2 aromatic rings. The van der Waals surface area contributed by atoms with Crippen molar-refractivity contribution in [2.75, 3.05) is 0 Å². The van der Waals surface area contributed by atoms with Gasteiger partial charge in [0.25, 0.3) is 0 Å². The van der Waals surface area contributed by atoms with Gasteiger partial charge in [0.2, 0.25) is 0 Å². The first-order valence-corrected chi connectivity index (χ1v) is 5.13. The molecule has 0 aliphatic rings. The third-order valence-electron chi connectivity index (χ3n) is 2.75. The fraction of sp³-hybridized carbons (Fsp3) is 0.231. The molecular formula is C13H12N2O. The monoisotopic (exact) mass is 212 g/mol. The number of benzene rings is 1. The lowest BCUT2D eigenvalue weighted by Gasteiger charge is -1.97. The van der Waals surface area contributed by atoms with Crippen LogP contribution in [0.3, 0.4) is 0 Å². The Morgan fingerprint density at radius 1 is 1.44 bits per heavy atom.